The van der Waals surface area contributed by atoms with Crippen LogP contribution >= 0.6 is 0 Å². The molecule has 0 saturated heterocycles. The van der Waals surface area contributed by atoms with Crippen molar-refractivity contribution in [3.8, 4) is 0 Å². The van der Waals surface area contributed by atoms with Gasteiger partial charge in [-0.25, -0.2) is 4.98 Å². The SMILES string of the molecule is CC1=NN(c2ccccc2)C(=O)C1C(=O)Cc1nccn1C. The lowest BCUT2D eigenvalue weighted by Crippen LogP contribution is -2.34. The molecular formula is C16H16N4O2. The first-order valence-corrected chi connectivity index (χ1v) is 7.01. The number of carbonyl (C=O) groups excluding carboxylic acids is 2. The minimum Gasteiger partial charge on any atom is -0.338 e. The number of carbonyl (C=O) groups is 2. The first-order chi connectivity index (χ1) is 10.6. The number of anilines is 1. The van der Waals surface area contributed by atoms with Crippen molar-refractivity contribution in [3.05, 3.63) is 48.5 Å². The number of rotatable bonds is 4. The van der Waals surface area contributed by atoms with Gasteiger partial charge in [0, 0.05) is 19.4 Å². The lowest BCUT2D eigenvalue weighted by molar-refractivity contribution is -0.128. The van der Waals surface area contributed by atoms with Crippen molar-refractivity contribution >= 4 is 23.1 Å². The third kappa shape index (κ3) is 2.43. The van der Waals surface area contributed by atoms with E-state index in [-0.39, 0.29) is 18.1 Å². The number of hydrogen-bond acceptors (Lipinski definition) is 4. The first-order valence-electron chi connectivity index (χ1n) is 7.01. The van der Waals surface area contributed by atoms with E-state index in [1.165, 1.54) is 5.01 Å². The van der Waals surface area contributed by atoms with E-state index in [1.54, 1.807) is 36.0 Å². The summed E-state index contributed by atoms with van der Waals surface area (Å²) in [7, 11) is 1.82. The van der Waals surface area contributed by atoms with Crippen molar-refractivity contribution in [2.75, 3.05) is 5.01 Å². The van der Waals surface area contributed by atoms with E-state index in [4.69, 9.17) is 0 Å². The predicted molar refractivity (Wildman–Crippen MR) is 82.4 cm³/mol. The van der Waals surface area contributed by atoms with Crippen molar-refractivity contribution in [3.63, 3.8) is 0 Å². The van der Waals surface area contributed by atoms with Gasteiger partial charge >= 0.3 is 0 Å². The Morgan fingerprint density at radius 2 is 2.00 bits per heavy atom. The monoisotopic (exact) mass is 296 g/mol. The van der Waals surface area contributed by atoms with Gasteiger partial charge in [0.15, 0.2) is 5.78 Å². The smallest absolute Gasteiger partial charge is 0.263 e. The van der Waals surface area contributed by atoms with Gasteiger partial charge in [-0.15, -0.1) is 0 Å². The van der Waals surface area contributed by atoms with Gasteiger partial charge in [-0.1, -0.05) is 18.2 Å². The molecule has 2 aromatic rings. The second kappa shape index (κ2) is 5.55. The van der Waals surface area contributed by atoms with Crippen molar-refractivity contribution in [1.29, 1.82) is 0 Å². The molecule has 1 aliphatic rings. The van der Waals surface area contributed by atoms with Crippen LogP contribution in [-0.4, -0.2) is 27.0 Å². The molecule has 0 spiro atoms. The number of Topliss-reactive ketones (excluding diaryl/α,β-unsaturated/α-hetero) is 1. The lowest BCUT2D eigenvalue weighted by Gasteiger charge is -2.13. The summed E-state index contributed by atoms with van der Waals surface area (Å²) in [6.07, 6.45) is 3.53. The molecule has 1 aromatic heterocycles. The highest BCUT2D eigenvalue weighted by molar-refractivity contribution is 6.27. The van der Waals surface area contributed by atoms with Crippen LogP contribution in [0.5, 0.6) is 0 Å². The van der Waals surface area contributed by atoms with Crippen molar-refractivity contribution in [2.45, 2.75) is 13.3 Å². The van der Waals surface area contributed by atoms with E-state index in [0.29, 0.717) is 17.2 Å². The van der Waals surface area contributed by atoms with Crippen LogP contribution in [0.1, 0.15) is 12.7 Å². The third-order valence-corrected chi connectivity index (χ3v) is 3.71. The number of aryl methyl sites for hydroxylation is 1. The Morgan fingerprint density at radius 3 is 2.64 bits per heavy atom. The number of aromatic nitrogens is 2. The molecule has 1 aromatic carbocycles. The normalized spacial score (nSPS) is 17.7. The number of benzene rings is 1. The number of para-hydroxylation sites is 1. The molecule has 6 nitrogen and oxygen atoms in total. The van der Waals surface area contributed by atoms with Gasteiger partial charge in [0.2, 0.25) is 0 Å². The fraction of sp³-hybridized carbons (Fsp3) is 0.250. The maximum absolute atomic E-state index is 12.5. The average molecular weight is 296 g/mol. The molecule has 1 atom stereocenters. The molecule has 0 radical (unpaired) electrons. The van der Waals surface area contributed by atoms with Gasteiger partial charge in [-0.3, -0.25) is 9.59 Å². The zero-order valence-electron chi connectivity index (χ0n) is 12.4. The van der Waals surface area contributed by atoms with Crippen LogP contribution in [0.4, 0.5) is 5.69 Å². The Morgan fingerprint density at radius 1 is 1.27 bits per heavy atom. The summed E-state index contributed by atoms with van der Waals surface area (Å²) in [4.78, 5) is 29.1. The maximum atomic E-state index is 12.5. The predicted octanol–water partition coefficient (Wildman–Crippen LogP) is 1.57. The fourth-order valence-corrected chi connectivity index (χ4v) is 2.52. The Labute approximate surface area is 128 Å². The summed E-state index contributed by atoms with van der Waals surface area (Å²) >= 11 is 0. The second-order valence-corrected chi connectivity index (χ2v) is 5.26. The third-order valence-electron chi connectivity index (χ3n) is 3.71. The zero-order valence-corrected chi connectivity index (χ0v) is 12.4. The molecule has 6 heteroatoms. The Hall–Kier alpha value is -2.76. The van der Waals surface area contributed by atoms with Crippen LogP contribution in [0.2, 0.25) is 0 Å². The van der Waals surface area contributed by atoms with Crippen LogP contribution in [0.15, 0.2) is 47.8 Å². The molecule has 1 aliphatic heterocycles. The quantitative estimate of drug-likeness (QED) is 0.804. The largest absolute Gasteiger partial charge is 0.338 e. The van der Waals surface area contributed by atoms with E-state index >= 15 is 0 Å². The molecule has 1 unspecified atom stereocenters. The molecule has 0 aliphatic carbocycles. The van der Waals surface area contributed by atoms with Gasteiger partial charge in [0.05, 0.1) is 17.8 Å². The highest BCUT2D eigenvalue weighted by Gasteiger charge is 2.39. The topological polar surface area (TPSA) is 67.6 Å². The molecule has 112 valence electrons. The fourth-order valence-electron chi connectivity index (χ4n) is 2.52. The molecule has 0 bridgehead atoms. The number of hydrogen-bond donors (Lipinski definition) is 0. The lowest BCUT2D eigenvalue weighted by atomic mass is 9.96. The van der Waals surface area contributed by atoms with Crippen LogP contribution in [0.3, 0.4) is 0 Å². The van der Waals surface area contributed by atoms with Crippen molar-refractivity contribution in [1.82, 2.24) is 9.55 Å². The van der Waals surface area contributed by atoms with Gasteiger partial charge in [0.1, 0.15) is 11.7 Å². The maximum Gasteiger partial charge on any atom is 0.263 e. The Kier molecular flexibility index (Phi) is 3.58. The molecule has 22 heavy (non-hydrogen) atoms. The minimum absolute atomic E-state index is 0.120. The molecule has 0 N–H and O–H groups in total. The Bertz CT molecular complexity index is 749. The summed E-state index contributed by atoms with van der Waals surface area (Å²) in [5, 5.41) is 5.55. The summed E-state index contributed by atoms with van der Waals surface area (Å²) < 4.78 is 1.78. The van der Waals surface area contributed by atoms with Gasteiger partial charge in [-0.2, -0.15) is 10.1 Å². The van der Waals surface area contributed by atoms with Crippen LogP contribution in [0, 0.1) is 5.92 Å². The van der Waals surface area contributed by atoms with E-state index in [2.05, 4.69) is 10.1 Å². The van der Waals surface area contributed by atoms with Gasteiger partial charge in [-0.05, 0) is 19.1 Å². The molecular weight excluding hydrogens is 280 g/mol. The van der Waals surface area contributed by atoms with Crippen molar-refractivity contribution in [2.24, 2.45) is 18.1 Å². The summed E-state index contributed by atoms with van der Waals surface area (Å²) in [5.41, 5.74) is 1.19. The second-order valence-electron chi connectivity index (χ2n) is 5.26. The number of hydrazone groups is 1. The standard InChI is InChI=1S/C16H16N4O2/c1-11-15(13(21)10-14-17-8-9-19(14)2)16(22)20(18-11)12-6-4-3-5-7-12/h3-9,15H,10H2,1-2H3. The Balaban J connectivity index is 1.81. The summed E-state index contributed by atoms with van der Waals surface area (Å²) in [6.45, 7) is 1.71. The average Bonchev–Trinajstić information content (AvgIpc) is 3.03. The molecule has 2 heterocycles. The molecule has 1 amide bonds. The zero-order chi connectivity index (χ0) is 15.7. The van der Waals surface area contributed by atoms with Crippen molar-refractivity contribution < 1.29 is 9.59 Å². The highest BCUT2D eigenvalue weighted by Crippen LogP contribution is 2.24. The summed E-state index contributed by atoms with van der Waals surface area (Å²) in [6, 6.07) is 9.11. The number of ketones is 1. The van der Waals surface area contributed by atoms with Gasteiger partial charge < -0.3 is 4.57 Å². The van der Waals surface area contributed by atoms with Gasteiger partial charge in [0.25, 0.3) is 5.91 Å². The van der Waals surface area contributed by atoms with Crippen LogP contribution < -0.4 is 5.01 Å². The summed E-state index contributed by atoms with van der Waals surface area (Å²) in [5.74, 6) is -0.664. The molecule has 0 saturated carbocycles. The van der Waals surface area contributed by atoms with Crippen LogP contribution in [-0.2, 0) is 23.1 Å². The molecule has 3 rings (SSSR count). The highest BCUT2D eigenvalue weighted by atomic mass is 16.2. The van der Waals surface area contributed by atoms with E-state index < -0.39 is 5.92 Å². The van der Waals surface area contributed by atoms with Crippen LogP contribution in [0.25, 0.3) is 0 Å². The molecule has 0 fully saturated rings. The first kappa shape index (κ1) is 14.2. The van der Waals surface area contributed by atoms with E-state index in [9.17, 15) is 9.59 Å². The number of amides is 1. The van der Waals surface area contributed by atoms with E-state index in [1.807, 2.05) is 25.2 Å². The number of nitrogens with zero attached hydrogens (tertiary/aromatic N) is 4. The minimum atomic E-state index is -0.822. The van der Waals surface area contributed by atoms with E-state index in [0.717, 1.165) is 0 Å². The number of imidazole rings is 1.